The highest BCUT2D eigenvalue weighted by atomic mass is 19.4. The highest BCUT2D eigenvalue weighted by Gasteiger charge is 2.47. The highest BCUT2D eigenvalue weighted by molar-refractivity contribution is 5.81. The second-order valence-corrected chi connectivity index (χ2v) is 2.97. The zero-order chi connectivity index (χ0) is 11.0. The summed E-state index contributed by atoms with van der Waals surface area (Å²) in [6.07, 6.45) is -3.71. The molecule has 14 heavy (non-hydrogen) atoms. The quantitative estimate of drug-likeness (QED) is 0.584. The maximum Gasteiger partial charge on any atom is 0.417 e. The third-order valence-corrected chi connectivity index (χ3v) is 2.00. The molecule has 1 aliphatic rings. The Labute approximate surface area is 78.9 Å². The summed E-state index contributed by atoms with van der Waals surface area (Å²) >= 11 is 0. The Morgan fingerprint density at radius 3 is 2.57 bits per heavy atom. The lowest BCUT2D eigenvalue weighted by Gasteiger charge is -2.31. The molecule has 0 aliphatic carbocycles. The number of nitrogens with one attached hydrogen (secondary N) is 1. The average molecular weight is 208 g/mol. The molecule has 0 aromatic rings. The van der Waals surface area contributed by atoms with E-state index in [1.54, 1.807) is 0 Å². The lowest BCUT2D eigenvalue weighted by Crippen LogP contribution is -2.51. The van der Waals surface area contributed by atoms with E-state index >= 15 is 0 Å². The molecule has 0 amide bonds. The lowest BCUT2D eigenvalue weighted by molar-refractivity contribution is -0.101. The molecule has 0 saturated heterocycles. The molecule has 0 aromatic heterocycles. The molecule has 80 valence electrons. The fourth-order valence-electron chi connectivity index (χ4n) is 1.18. The number of halogens is 3. The van der Waals surface area contributed by atoms with E-state index in [9.17, 15) is 13.2 Å². The summed E-state index contributed by atoms with van der Waals surface area (Å²) in [4.78, 5) is 3.55. The molecule has 1 unspecified atom stereocenters. The zero-order valence-corrected chi connectivity index (χ0v) is 7.52. The van der Waals surface area contributed by atoms with Gasteiger partial charge in [-0.1, -0.05) is 6.92 Å². The number of nitrogens with two attached hydrogens (primary N) is 2. The summed E-state index contributed by atoms with van der Waals surface area (Å²) in [7, 11) is 0. The van der Waals surface area contributed by atoms with Crippen LogP contribution in [0.2, 0.25) is 0 Å². The minimum Gasteiger partial charge on any atom is -0.370 e. The first-order valence-corrected chi connectivity index (χ1v) is 3.98. The Kier molecular flexibility index (Phi) is 2.45. The van der Waals surface area contributed by atoms with Crippen molar-refractivity contribution in [2.24, 2.45) is 16.5 Å². The summed E-state index contributed by atoms with van der Waals surface area (Å²) in [5.41, 5.74) is 8.04. The number of hydrogen-bond acceptors (Lipinski definition) is 4. The van der Waals surface area contributed by atoms with Gasteiger partial charge in [0.1, 0.15) is 5.66 Å². The summed E-state index contributed by atoms with van der Waals surface area (Å²) in [5, 5.41) is 2.19. The topological polar surface area (TPSA) is 76.4 Å². The van der Waals surface area contributed by atoms with Crippen LogP contribution in [0, 0.1) is 0 Å². The molecule has 0 spiro atoms. The number of guanidine groups is 1. The predicted molar refractivity (Wildman–Crippen MR) is 46.1 cm³/mol. The van der Waals surface area contributed by atoms with Gasteiger partial charge in [-0.15, -0.1) is 0 Å². The molecular weight excluding hydrogens is 197 g/mol. The van der Waals surface area contributed by atoms with Gasteiger partial charge in [-0.25, -0.2) is 4.99 Å². The zero-order valence-electron chi connectivity index (χ0n) is 7.52. The number of rotatable bonds is 1. The Morgan fingerprint density at radius 2 is 2.14 bits per heavy atom. The van der Waals surface area contributed by atoms with E-state index in [1.807, 2.05) is 0 Å². The van der Waals surface area contributed by atoms with E-state index in [2.05, 4.69) is 10.3 Å². The molecule has 0 saturated carbocycles. The second-order valence-electron chi connectivity index (χ2n) is 2.97. The molecule has 0 bridgehead atoms. The first-order valence-electron chi connectivity index (χ1n) is 3.98. The van der Waals surface area contributed by atoms with E-state index in [1.165, 1.54) is 6.92 Å². The van der Waals surface area contributed by atoms with Gasteiger partial charge < -0.3 is 16.8 Å². The minimum absolute atomic E-state index is 0.0285. The van der Waals surface area contributed by atoms with E-state index in [0.717, 1.165) is 6.20 Å². The number of nitrogens with zero attached hydrogens (tertiary/aromatic N) is 1. The molecule has 7 heteroatoms. The molecule has 0 fully saturated rings. The van der Waals surface area contributed by atoms with E-state index in [0.29, 0.717) is 0 Å². The van der Waals surface area contributed by atoms with E-state index < -0.39 is 17.4 Å². The SMILES string of the molecule is CCC1(N)N=C(N)NC=C1C(F)(F)F. The normalized spacial score (nSPS) is 27.8. The van der Waals surface area contributed by atoms with Crippen molar-refractivity contribution in [3.05, 3.63) is 11.8 Å². The molecule has 5 N–H and O–H groups in total. The van der Waals surface area contributed by atoms with Gasteiger partial charge in [0.15, 0.2) is 5.96 Å². The maximum absolute atomic E-state index is 12.5. The third kappa shape index (κ3) is 1.82. The largest absolute Gasteiger partial charge is 0.417 e. The van der Waals surface area contributed by atoms with Crippen molar-refractivity contribution in [3.63, 3.8) is 0 Å². The molecule has 1 atom stereocenters. The summed E-state index contributed by atoms with van der Waals surface area (Å²) < 4.78 is 37.4. The third-order valence-electron chi connectivity index (χ3n) is 2.00. The Bertz CT molecular complexity index is 294. The van der Waals surface area contributed by atoms with Gasteiger partial charge in [-0.2, -0.15) is 13.2 Å². The van der Waals surface area contributed by atoms with Crippen LogP contribution in [0.4, 0.5) is 13.2 Å². The van der Waals surface area contributed by atoms with E-state index in [4.69, 9.17) is 11.5 Å². The van der Waals surface area contributed by atoms with Crippen molar-refractivity contribution in [1.82, 2.24) is 5.32 Å². The van der Waals surface area contributed by atoms with Crippen LogP contribution < -0.4 is 16.8 Å². The minimum atomic E-state index is -4.50. The van der Waals surface area contributed by atoms with Crippen molar-refractivity contribution in [2.75, 3.05) is 0 Å². The summed E-state index contributed by atoms with van der Waals surface area (Å²) in [6.45, 7) is 1.52. The molecule has 4 nitrogen and oxygen atoms in total. The van der Waals surface area contributed by atoms with Crippen molar-refractivity contribution >= 4 is 5.96 Å². The van der Waals surface area contributed by atoms with Crippen LogP contribution in [-0.4, -0.2) is 17.8 Å². The predicted octanol–water partition coefficient (Wildman–Crippen LogP) is 0.415. The van der Waals surface area contributed by atoms with Gasteiger partial charge in [0.2, 0.25) is 0 Å². The lowest BCUT2D eigenvalue weighted by atomic mass is 9.97. The van der Waals surface area contributed by atoms with Crippen molar-refractivity contribution in [3.8, 4) is 0 Å². The fourth-order valence-corrected chi connectivity index (χ4v) is 1.18. The summed E-state index contributed by atoms with van der Waals surface area (Å²) in [6, 6.07) is 0. The van der Waals surface area contributed by atoms with Crippen molar-refractivity contribution < 1.29 is 13.2 Å². The van der Waals surface area contributed by atoms with Crippen molar-refractivity contribution in [2.45, 2.75) is 25.2 Å². The fraction of sp³-hybridized carbons (Fsp3) is 0.571. The van der Waals surface area contributed by atoms with Crippen LogP contribution in [0.25, 0.3) is 0 Å². The summed E-state index contributed by atoms with van der Waals surface area (Å²) in [5.74, 6) is -0.109. The molecular formula is C7H11F3N4. The molecule has 1 rings (SSSR count). The Balaban J connectivity index is 3.09. The van der Waals surface area contributed by atoms with Gasteiger partial charge >= 0.3 is 6.18 Å². The monoisotopic (exact) mass is 208 g/mol. The van der Waals surface area contributed by atoms with Gasteiger partial charge in [0.25, 0.3) is 0 Å². The van der Waals surface area contributed by atoms with Crippen LogP contribution in [0.15, 0.2) is 16.8 Å². The van der Waals surface area contributed by atoms with Gasteiger partial charge in [-0.05, 0) is 6.42 Å². The second kappa shape index (κ2) is 3.16. The van der Waals surface area contributed by atoms with E-state index in [-0.39, 0.29) is 12.4 Å². The Morgan fingerprint density at radius 1 is 1.57 bits per heavy atom. The molecule has 1 aliphatic heterocycles. The first-order chi connectivity index (χ1) is 6.29. The van der Waals surface area contributed by atoms with Gasteiger partial charge in [0, 0.05) is 6.20 Å². The van der Waals surface area contributed by atoms with Gasteiger partial charge in [0.05, 0.1) is 5.57 Å². The van der Waals surface area contributed by atoms with Crippen molar-refractivity contribution in [1.29, 1.82) is 0 Å². The smallest absolute Gasteiger partial charge is 0.370 e. The first kappa shape index (κ1) is 10.8. The maximum atomic E-state index is 12.5. The van der Waals surface area contributed by atoms with Crippen LogP contribution in [0.5, 0.6) is 0 Å². The molecule has 0 aromatic carbocycles. The van der Waals surface area contributed by atoms with Crippen LogP contribution >= 0.6 is 0 Å². The molecule has 0 radical (unpaired) electrons. The van der Waals surface area contributed by atoms with Gasteiger partial charge in [-0.3, -0.25) is 0 Å². The van der Waals surface area contributed by atoms with Crippen LogP contribution in [0.3, 0.4) is 0 Å². The van der Waals surface area contributed by atoms with Crippen LogP contribution in [-0.2, 0) is 0 Å². The number of aliphatic imine (C=N–C) groups is 1. The highest BCUT2D eigenvalue weighted by Crippen LogP contribution is 2.35. The Hall–Kier alpha value is -1.24. The number of hydrogen-bond donors (Lipinski definition) is 3. The average Bonchev–Trinajstić information content (AvgIpc) is 2.01. The molecule has 1 heterocycles. The number of alkyl halides is 3. The van der Waals surface area contributed by atoms with Crippen LogP contribution in [0.1, 0.15) is 13.3 Å². The standard InChI is InChI=1S/C7H11F3N4/c1-2-6(12)4(7(8,9)10)3-13-5(11)14-6/h3H,2,12H2,1H3,(H3,11,13,14).